The second kappa shape index (κ2) is 12.7. The van der Waals surface area contributed by atoms with Crippen LogP contribution in [0.5, 0.6) is 0 Å². The largest absolute Gasteiger partial charge is 0.355 e. The van der Waals surface area contributed by atoms with E-state index in [1.165, 1.54) is 23.1 Å². The van der Waals surface area contributed by atoms with Gasteiger partial charge in [-0.25, -0.2) is 12.8 Å². The van der Waals surface area contributed by atoms with E-state index in [1.807, 2.05) is 30.3 Å². The van der Waals surface area contributed by atoms with Gasteiger partial charge in [-0.15, -0.1) is 0 Å². The molecule has 10 heteroatoms. The summed E-state index contributed by atoms with van der Waals surface area (Å²) in [7, 11) is -4.03. The van der Waals surface area contributed by atoms with Crippen LogP contribution >= 0.6 is 11.6 Å². The van der Waals surface area contributed by atoms with Crippen molar-refractivity contribution in [3.63, 3.8) is 0 Å². The van der Waals surface area contributed by atoms with Crippen LogP contribution in [0.15, 0.2) is 78.9 Å². The van der Waals surface area contributed by atoms with Crippen molar-refractivity contribution in [3.05, 3.63) is 101 Å². The standard InChI is InChI=1S/C27H29ClFN3O4S/c1-3-30-27(34)25(17-20-9-5-4-6-10-20)31(18-21-13-15-22(28)16-14-21)26(33)19-32(37(2,35)36)24-12-8-7-11-23(24)29/h4-16,25H,3,17-19H2,1-2H3,(H,30,34)/t25-/m1/s1. The first-order valence-corrected chi connectivity index (χ1v) is 13.9. The summed E-state index contributed by atoms with van der Waals surface area (Å²) in [6, 6.07) is 20.4. The van der Waals surface area contributed by atoms with Crippen molar-refractivity contribution in [2.75, 3.05) is 23.7 Å². The van der Waals surface area contributed by atoms with Crippen LogP contribution < -0.4 is 9.62 Å². The molecule has 2 amide bonds. The van der Waals surface area contributed by atoms with E-state index in [4.69, 9.17) is 11.6 Å². The number of nitrogens with one attached hydrogen (secondary N) is 1. The zero-order valence-corrected chi connectivity index (χ0v) is 22.2. The molecule has 0 aliphatic heterocycles. The molecule has 0 heterocycles. The maximum Gasteiger partial charge on any atom is 0.244 e. The van der Waals surface area contributed by atoms with Gasteiger partial charge in [-0.05, 0) is 42.3 Å². The highest BCUT2D eigenvalue weighted by molar-refractivity contribution is 7.92. The minimum atomic E-state index is -4.03. The zero-order valence-electron chi connectivity index (χ0n) is 20.6. The van der Waals surface area contributed by atoms with Gasteiger partial charge in [-0.3, -0.25) is 13.9 Å². The summed E-state index contributed by atoms with van der Waals surface area (Å²) in [4.78, 5) is 28.3. The molecule has 0 unspecified atom stereocenters. The van der Waals surface area contributed by atoms with Gasteiger partial charge in [-0.2, -0.15) is 0 Å². The Morgan fingerprint density at radius 2 is 1.57 bits per heavy atom. The number of rotatable bonds is 11. The first kappa shape index (κ1) is 28.1. The second-order valence-electron chi connectivity index (χ2n) is 8.47. The Bertz CT molecular complexity index is 1320. The molecule has 0 aliphatic carbocycles. The predicted molar refractivity (Wildman–Crippen MR) is 143 cm³/mol. The van der Waals surface area contributed by atoms with Crippen LogP contribution in [0.1, 0.15) is 18.1 Å². The summed E-state index contributed by atoms with van der Waals surface area (Å²) >= 11 is 6.02. The Labute approximate surface area is 221 Å². The van der Waals surface area contributed by atoms with Crippen molar-refractivity contribution in [1.82, 2.24) is 10.2 Å². The lowest BCUT2D eigenvalue weighted by Crippen LogP contribution is -2.53. The van der Waals surface area contributed by atoms with Gasteiger partial charge in [0.25, 0.3) is 0 Å². The predicted octanol–water partition coefficient (Wildman–Crippen LogP) is 4.02. The van der Waals surface area contributed by atoms with Gasteiger partial charge in [0.1, 0.15) is 18.4 Å². The molecular weight excluding hydrogens is 517 g/mol. The van der Waals surface area contributed by atoms with Crippen LogP contribution in [0.3, 0.4) is 0 Å². The molecule has 3 aromatic carbocycles. The van der Waals surface area contributed by atoms with E-state index >= 15 is 0 Å². The third-order valence-electron chi connectivity index (χ3n) is 5.69. The average molecular weight is 546 g/mol. The number of carbonyl (C=O) groups is 2. The first-order chi connectivity index (χ1) is 17.6. The molecule has 7 nitrogen and oxygen atoms in total. The minimum Gasteiger partial charge on any atom is -0.355 e. The highest BCUT2D eigenvalue weighted by Gasteiger charge is 2.33. The number of halogens is 2. The maximum absolute atomic E-state index is 14.6. The molecule has 0 saturated heterocycles. The zero-order chi connectivity index (χ0) is 27.0. The number of benzene rings is 3. The molecule has 1 atom stereocenters. The molecule has 0 saturated carbocycles. The highest BCUT2D eigenvalue weighted by Crippen LogP contribution is 2.23. The number of hydrogen-bond donors (Lipinski definition) is 1. The lowest BCUT2D eigenvalue weighted by molar-refractivity contribution is -0.140. The van der Waals surface area contributed by atoms with E-state index in [2.05, 4.69) is 5.32 Å². The van der Waals surface area contributed by atoms with Gasteiger partial charge in [0, 0.05) is 24.5 Å². The topological polar surface area (TPSA) is 86.8 Å². The molecule has 0 radical (unpaired) electrons. The molecule has 3 rings (SSSR count). The number of amides is 2. The van der Waals surface area contributed by atoms with Crippen LogP contribution in [0.25, 0.3) is 0 Å². The van der Waals surface area contributed by atoms with E-state index in [0.717, 1.165) is 22.2 Å². The number of likely N-dealkylation sites (N-methyl/N-ethyl adjacent to an activating group) is 1. The number of para-hydroxylation sites is 1. The molecule has 196 valence electrons. The fraction of sp³-hybridized carbons (Fsp3) is 0.259. The lowest BCUT2D eigenvalue weighted by Gasteiger charge is -2.33. The van der Waals surface area contributed by atoms with Crippen LogP contribution in [0.4, 0.5) is 10.1 Å². The normalized spacial score (nSPS) is 12.0. The Morgan fingerprint density at radius 3 is 2.16 bits per heavy atom. The van der Waals surface area contributed by atoms with Gasteiger partial charge in [0.05, 0.1) is 11.9 Å². The van der Waals surface area contributed by atoms with Crippen molar-refractivity contribution in [1.29, 1.82) is 0 Å². The first-order valence-electron chi connectivity index (χ1n) is 11.7. The summed E-state index contributed by atoms with van der Waals surface area (Å²) in [6.45, 7) is 1.45. The van der Waals surface area contributed by atoms with Crippen molar-refractivity contribution in [2.45, 2.75) is 25.9 Å². The number of nitrogens with zero attached hydrogens (tertiary/aromatic N) is 2. The average Bonchev–Trinajstić information content (AvgIpc) is 2.86. The summed E-state index contributed by atoms with van der Waals surface area (Å²) in [5, 5.41) is 3.28. The van der Waals surface area contributed by atoms with Gasteiger partial charge in [0.15, 0.2) is 0 Å². The van der Waals surface area contributed by atoms with Crippen LogP contribution in [-0.2, 0) is 32.6 Å². The minimum absolute atomic E-state index is 0.0134. The molecule has 37 heavy (non-hydrogen) atoms. The van der Waals surface area contributed by atoms with Crippen LogP contribution in [-0.4, -0.2) is 50.5 Å². The summed E-state index contributed by atoms with van der Waals surface area (Å²) in [5.41, 5.74) is 1.26. The van der Waals surface area contributed by atoms with Gasteiger partial charge in [0.2, 0.25) is 21.8 Å². The SMILES string of the molecule is CCNC(=O)[C@@H](Cc1ccccc1)N(Cc1ccc(Cl)cc1)C(=O)CN(c1ccccc1F)S(C)(=O)=O. The molecule has 0 aliphatic rings. The molecule has 0 bridgehead atoms. The van der Waals surface area contributed by atoms with Gasteiger partial charge >= 0.3 is 0 Å². The van der Waals surface area contributed by atoms with Gasteiger partial charge in [-0.1, -0.05) is 66.2 Å². The van der Waals surface area contributed by atoms with Crippen LogP contribution in [0.2, 0.25) is 5.02 Å². The molecule has 0 spiro atoms. The van der Waals surface area contributed by atoms with E-state index in [9.17, 15) is 22.4 Å². The molecular formula is C27H29ClFN3O4S. The Balaban J connectivity index is 2.04. The fourth-order valence-electron chi connectivity index (χ4n) is 3.88. The van der Waals surface area contributed by atoms with Crippen molar-refractivity contribution >= 4 is 39.1 Å². The maximum atomic E-state index is 14.6. The Morgan fingerprint density at radius 1 is 0.946 bits per heavy atom. The second-order valence-corrected chi connectivity index (χ2v) is 10.8. The smallest absolute Gasteiger partial charge is 0.244 e. The van der Waals surface area contributed by atoms with E-state index < -0.39 is 34.3 Å². The number of sulfonamides is 1. The summed E-state index contributed by atoms with van der Waals surface area (Å²) in [6.07, 6.45) is 1.10. The number of anilines is 1. The molecule has 0 aromatic heterocycles. The third-order valence-corrected chi connectivity index (χ3v) is 7.07. The molecule has 0 fully saturated rings. The van der Waals surface area contributed by atoms with Gasteiger partial charge < -0.3 is 10.2 Å². The highest BCUT2D eigenvalue weighted by atomic mass is 35.5. The van der Waals surface area contributed by atoms with E-state index in [-0.39, 0.29) is 24.6 Å². The van der Waals surface area contributed by atoms with Crippen LogP contribution in [0, 0.1) is 5.82 Å². The third kappa shape index (κ3) is 7.77. The summed E-state index contributed by atoms with van der Waals surface area (Å²) in [5.74, 6) is -1.82. The number of hydrogen-bond acceptors (Lipinski definition) is 4. The quantitative estimate of drug-likeness (QED) is 0.394. The summed E-state index contributed by atoms with van der Waals surface area (Å²) < 4.78 is 40.6. The fourth-order valence-corrected chi connectivity index (χ4v) is 4.86. The number of carbonyl (C=O) groups excluding carboxylic acids is 2. The Kier molecular flexibility index (Phi) is 9.66. The Hall–Kier alpha value is -3.43. The van der Waals surface area contributed by atoms with E-state index in [1.54, 1.807) is 31.2 Å². The van der Waals surface area contributed by atoms with Crippen molar-refractivity contribution in [3.8, 4) is 0 Å². The molecule has 3 aromatic rings. The lowest BCUT2D eigenvalue weighted by atomic mass is 10.0. The van der Waals surface area contributed by atoms with Crippen molar-refractivity contribution in [2.24, 2.45) is 0 Å². The molecule has 1 N–H and O–H groups in total. The monoisotopic (exact) mass is 545 g/mol. The van der Waals surface area contributed by atoms with Crippen molar-refractivity contribution < 1.29 is 22.4 Å². The van der Waals surface area contributed by atoms with E-state index in [0.29, 0.717) is 17.1 Å².